The molecule has 0 bridgehead atoms. The standard InChI is InChI=1S/C27H29F2NO4.C10H17F3N2O3S/c1-33-23-11-9-19(17-30-15-13-27(28,29)14-16-30)26(34-2)25(23)22-8-4-6-20-18(10-12-24(31)32)5-3-7-21(20)22;1-2-7-19(17,18)15-5-3-9(4-6-15,8(14)16)10(11,12)13/h3-9,11H,10,12-17H2,1-2H3,(H,31,32);2-7H2,1H3,(H2,14,16). The van der Waals surface area contributed by atoms with Gasteiger partial charge in [0.1, 0.15) is 16.9 Å². The van der Waals surface area contributed by atoms with Gasteiger partial charge < -0.3 is 20.3 Å². The summed E-state index contributed by atoms with van der Waals surface area (Å²) in [5.74, 6) is -3.67. The summed E-state index contributed by atoms with van der Waals surface area (Å²) in [5, 5.41) is 11.1. The fourth-order valence-electron chi connectivity index (χ4n) is 6.93. The predicted octanol–water partition coefficient (Wildman–Crippen LogP) is 6.63. The van der Waals surface area contributed by atoms with Crippen LogP contribution in [0.15, 0.2) is 48.5 Å². The highest BCUT2D eigenvalue weighted by molar-refractivity contribution is 7.89. The zero-order chi connectivity index (χ0) is 39.2. The molecule has 2 aliphatic heterocycles. The molecular weight excluding hydrogens is 725 g/mol. The van der Waals surface area contributed by atoms with E-state index in [2.05, 4.69) is 0 Å². The van der Waals surface area contributed by atoms with Crippen LogP contribution in [0.4, 0.5) is 22.0 Å². The van der Waals surface area contributed by atoms with Crippen molar-refractivity contribution in [3.05, 3.63) is 59.7 Å². The Hall–Kier alpha value is -4.02. The van der Waals surface area contributed by atoms with Gasteiger partial charge in [0.2, 0.25) is 15.9 Å². The highest BCUT2D eigenvalue weighted by Crippen LogP contribution is 2.47. The Kier molecular flexibility index (Phi) is 13.4. The van der Waals surface area contributed by atoms with E-state index in [1.165, 1.54) is 0 Å². The number of methoxy groups -OCH3 is 2. The summed E-state index contributed by atoms with van der Waals surface area (Å²) in [6.07, 6.45) is -5.38. The zero-order valence-electron chi connectivity index (χ0n) is 30.0. The molecule has 0 aromatic heterocycles. The smallest absolute Gasteiger partial charge is 0.403 e. The van der Waals surface area contributed by atoms with Gasteiger partial charge in [0, 0.05) is 57.5 Å². The minimum Gasteiger partial charge on any atom is -0.496 e. The summed E-state index contributed by atoms with van der Waals surface area (Å²) in [6.45, 7) is 2.18. The highest BCUT2D eigenvalue weighted by atomic mass is 32.2. The van der Waals surface area contributed by atoms with E-state index in [0.717, 1.165) is 37.3 Å². The first kappa shape index (κ1) is 41.7. The van der Waals surface area contributed by atoms with Crippen molar-refractivity contribution in [2.45, 2.75) is 70.5 Å². The van der Waals surface area contributed by atoms with E-state index in [4.69, 9.17) is 20.3 Å². The number of rotatable bonds is 12. The van der Waals surface area contributed by atoms with Gasteiger partial charge in [0.15, 0.2) is 0 Å². The maximum absolute atomic E-state index is 13.6. The number of nitrogens with two attached hydrogens (primary N) is 1. The second-order valence-electron chi connectivity index (χ2n) is 13.3. The number of benzene rings is 3. The number of hydrogen-bond donors (Lipinski definition) is 2. The van der Waals surface area contributed by atoms with Gasteiger partial charge in [-0.2, -0.15) is 13.2 Å². The molecule has 16 heteroatoms. The summed E-state index contributed by atoms with van der Waals surface area (Å²) in [5.41, 5.74) is 5.85. The first-order valence-electron chi connectivity index (χ1n) is 17.3. The maximum Gasteiger partial charge on any atom is 0.403 e. The number of alkyl halides is 5. The van der Waals surface area contributed by atoms with E-state index in [1.807, 2.05) is 53.4 Å². The van der Waals surface area contributed by atoms with Gasteiger partial charge in [-0.1, -0.05) is 49.4 Å². The lowest BCUT2D eigenvalue weighted by Gasteiger charge is -2.39. The lowest BCUT2D eigenvalue weighted by Crippen LogP contribution is -2.56. The molecule has 3 N–H and O–H groups in total. The number of hydrogen-bond acceptors (Lipinski definition) is 7. The summed E-state index contributed by atoms with van der Waals surface area (Å²) in [7, 11) is -0.329. The molecule has 2 fully saturated rings. The molecular formula is C37H46F5N3O7S. The molecule has 2 saturated heterocycles. The average molecular weight is 772 g/mol. The Labute approximate surface area is 306 Å². The number of aryl methyl sites for hydroxylation is 1. The van der Waals surface area contributed by atoms with E-state index in [9.17, 15) is 40.0 Å². The number of amides is 1. The van der Waals surface area contributed by atoms with Crippen molar-refractivity contribution in [1.29, 1.82) is 0 Å². The largest absolute Gasteiger partial charge is 0.496 e. The minimum absolute atomic E-state index is 0.0559. The number of aliphatic carboxylic acids is 1. The first-order chi connectivity index (χ1) is 24.9. The van der Waals surface area contributed by atoms with E-state index in [0.29, 0.717) is 44.0 Å². The van der Waals surface area contributed by atoms with Gasteiger partial charge in [-0.15, -0.1) is 0 Å². The van der Waals surface area contributed by atoms with Crippen molar-refractivity contribution in [1.82, 2.24) is 9.21 Å². The average Bonchev–Trinajstić information content (AvgIpc) is 3.10. The third kappa shape index (κ3) is 9.57. The van der Waals surface area contributed by atoms with Gasteiger partial charge in [0.05, 0.1) is 25.5 Å². The third-order valence-corrected chi connectivity index (χ3v) is 12.0. The molecule has 0 radical (unpaired) electrons. The number of ether oxygens (including phenoxy) is 2. The Bertz CT molecular complexity index is 1870. The number of likely N-dealkylation sites (tertiary alicyclic amines) is 1. The van der Waals surface area contributed by atoms with Crippen LogP contribution in [0.2, 0.25) is 0 Å². The van der Waals surface area contributed by atoms with Crippen molar-refractivity contribution < 1.29 is 54.5 Å². The fourth-order valence-corrected chi connectivity index (χ4v) is 8.44. The molecule has 3 aromatic carbocycles. The summed E-state index contributed by atoms with van der Waals surface area (Å²) in [6, 6.07) is 15.6. The second kappa shape index (κ2) is 17.0. The van der Waals surface area contributed by atoms with Crippen LogP contribution in [-0.2, 0) is 32.6 Å². The van der Waals surface area contributed by atoms with E-state index >= 15 is 0 Å². The third-order valence-electron chi connectivity index (χ3n) is 9.94. The number of carbonyl (C=O) groups is 2. The fraction of sp³-hybridized carbons (Fsp3) is 0.514. The quantitative estimate of drug-likeness (QED) is 0.196. The SMILES string of the molecule is CCCS(=O)(=O)N1CCC(C(N)=O)(C(F)(F)F)CC1.COc1ccc(CN2CCC(F)(F)CC2)c(OC)c1-c1cccc2c(CCC(=O)O)cccc12. The van der Waals surface area contributed by atoms with E-state index in [-0.39, 0.29) is 38.1 Å². The lowest BCUT2D eigenvalue weighted by molar-refractivity contribution is -0.229. The van der Waals surface area contributed by atoms with Gasteiger partial charge in [-0.05, 0) is 53.6 Å². The maximum atomic E-state index is 13.6. The normalized spacial score (nSPS) is 17.8. The molecule has 0 spiro atoms. The van der Waals surface area contributed by atoms with Crippen molar-refractivity contribution in [3.8, 4) is 22.6 Å². The number of sulfonamides is 1. The molecule has 0 aliphatic carbocycles. The molecule has 292 valence electrons. The highest BCUT2D eigenvalue weighted by Gasteiger charge is 2.60. The molecule has 0 atom stereocenters. The summed E-state index contributed by atoms with van der Waals surface area (Å²) < 4.78 is 102. The first-order valence-corrected chi connectivity index (χ1v) is 18.9. The number of primary amides is 1. The molecule has 5 rings (SSSR count). The Morgan fingerprint density at radius 3 is 2.06 bits per heavy atom. The summed E-state index contributed by atoms with van der Waals surface area (Å²) in [4.78, 5) is 24.3. The lowest BCUT2D eigenvalue weighted by atomic mass is 9.77. The number of carboxylic acid groups (broad SMARTS) is 1. The topological polar surface area (TPSA) is 139 Å². The molecule has 0 saturated carbocycles. The molecule has 2 heterocycles. The van der Waals surface area contributed by atoms with Crippen LogP contribution in [-0.4, -0.2) is 92.9 Å². The number of carboxylic acids is 1. The van der Waals surface area contributed by atoms with Crippen LogP contribution in [0.5, 0.6) is 11.5 Å². The van der Waals surface area contributed by atoms with Gasteiger partial charge in [-0.3, -0.25) is 14.5 Å². The van der Waals surface area contributed by atoms with Crippen molar-refractivity contribution >= 4 is 32.7 Å². The van der Waals surface area contributed by atoms with Crippen LogP contribution in [0.1, 0.15) is 56.6 Å². The summed E-state index contributed by atoms with van der Waals surface area (Å²) >= 11 is 0. The Balaban J connectivity index is 0.000000281. The predicted molar refractivity (Wildman–Crippen MR) is 190 cm³/mol. The number of nitrogens with zero attached hydrogens (tertiary/aromatic N) is 2. The zero-order valence-corrected chi connectivity index (χ0v) is 30.8. The molecule has 3 aromatic rings. The van der Waals surface area contributed by atoms with Crippen molar-refractivity contribution in [2.24, 2.45) is 11.1 Å². The van der Waals surface area contributed by atoms with E-state index < -0.39 is 52.3 Å². The number of fused-ring (bicyclic) bond motifs is 1. The number of piperidine rings is 2. The number of carbonyl (C=O) groups excluding carboxylic acids is 1. The van der Waals surface area contributed by atoms with Crippen LogP contribution in [0.25, 0.3) is 21.9 Å². The Morgan fingerprint density at radius 1 is 0.887 bits per heavy atom. The molecule has 53 heavy (non-hydrogen) atoms. The molecule has 1 amide bonds. The molecule has 0 unspecified atom stereocenters. The van der Waals surface area contributed by atoms with Gasteiger partial charge in [0.25, 0.3) is 5.92 Å². The van der Waals surface area contributed by atoms with Crippen molar-refractivity contribution in [2.75, 3.05) is 46.2 Å². The van der Waals surface area contributed by atoms with E-state index in [1.54, 1.807) is 21.1 Å². The van der Waals surface area contributed by atoms with Crippen molar-refractivity contribution in [3.63, 3.8) is 0 Å². The van der Waals surface area contributed by atoms with Crippen LogP contribution < -0.4 is 15.2 Å². The van der Waals surface area contributed by atoms with Gasteiger partial charge in [-0.25, -0.2) is 21.5 Å². The second-order valence-corrected chi connectivity index (χ2v) is 15.4. The van der Waals surface area contributed by atoms with Crippen LogP contribution >= 0.6 is 0 Å². The Morgan fingerprint density at radius 2 is 1.51 bits per heavy atom. The molecule has 10 nitrogen and oxygen atoms in total. The number of halogens is 5. The van der Waals surface area contributed by atoms with Crippen LogP contribution in [0.3, 0.4) is 0 Å². The molecule has 2 aliphatic rings. The van der Waals surface area contributed by atoms with Crippen LogP contribution in [0, 0.1) is 5.41 Å². The minimum atomic E-state index is -4.75. The van der Waals surface area contributed by atoms with Gasteiger partial charge >= 0.3 is 12.1 Å². The monoisotopic (exact) mass is 771 g/mol.